The molecular formula is C12H12N2O3. The fraction of sp³-hybridized carbons (Fsp3) is 0.167. The van der Waals surface area contributed by atoms with Gasteiger partial charge >= 0.3 is 12.0 Å². The molecule has 5 heteroatoms. The van der Waals surface area contributed by atoms with Gasteiger partial charge in [-0.3, -0.25) is 0 Å². The van der Waals surface area contributed by atoms with E-state index in [1.165, 1.54) is 6.07 Å². The maximum Gasteiger partial charge on any atom is 0.335 e. The Morgan fingerprint density at radius 1 is 1.47 bits per heavy atom. The summed E-state index contributed by atoms with van der Waals surface area (Å²) in [6, 6.07) is 5.17. The maximum atomic E-state index is 10.9. The predicted molar refractivity (Wildman–Crippen MR) is 61.4 cm³/mol. The van der Waals surface area contributed by atoms with Crippen LogP contribution in [0.4, 0.5) is 0 Å². The van der Waals surface area contributed by atoms with Gasteiger partial charge in [-0.15, -0.1) is 0 Å². The number of hydrogen-bond donors (Lipinski definition) is 1. The van der Waals surface area contributed by atoms with Crippen molar-refractivity contribution in [2.75, 3.05) is 0 Å². The summed E-state index contributed by atoms with van der Waals surface area (Å²) in [7, 11) is 1.80. The first-order chi connectivity index (χ1) is 8.08. The molecule has 0 amide bonds. The Morgan fingerprint density at radius 2 is 2.24 bits per heavy atom. The van der Waals surface area contributed by atoms with E-state index < -0.39 is 5.97 Å². The number of carboxylic acid groups (broad SMARTS) is 1. The van der Waals surface area contributed by atoms with Crippen LogP contribution in [0.25, 0.3) is 0 Å². The molecule has 0 radical (unpaired) electrons. The van der Waals surface area contributed by atoms with E-state index in [-0.39, 0.29) is 5.56 Å². The quantitative estimate of drug-likeness (QED) is 0.881. The minimum atomic E-state index is -0.977. The Bertz CT molecular complexity index is 561. The van der Waals surface area contributed by atoms with Crippen LogP contribution >= 0.6 is 0 Å². The molecule has 0 atom stereocenters. The second-order valence-electron chi connectivity index (χ2n) is 3.71. The Kier molecular flexibility index (Phi) is 2.82. The summed E-state index contributed by atoms with van der Waals surface area (Å²) >= 11 is 0. The number of aryl methyl sites for hydroxylation is 2. The fourth-order valence-corrected chi connectivity index (χ4v) is 1.39. The summed E-state index contributed by atoms with van der Waals surface area (Å²) in [6.45, 7) is 1.85. The molecule has 1 heterocycles. The van der Waals surface area contributed by atoms with Crippen LogP contribution in [0.2, 0.25) is 0 Å². The lowest BCUT2D eigenvalue weighted by atomic mass is 10.1. The van der Waals surface area contributed by atoms with Crippen molar-refractivity contribution in [2.24, 2.45) is 7.05 Å². The second-order valence-corrected chi connectivity index (χ2v) is 3.71. The van der Waals surface area contributed by atoms with E-state index in [9.17, 15) is 4.79 Å². The summed E-state index contributed by atoms with van der Waals surface area (Å²) in [5, 5.41) is 8.90. The Balaban J connectivity index is 2.35. The lowest BCUT2D eigenvalue weighted by Gasteiger charge is -2.08. The number of rotatable bonds is 3. The average Bonchev–Trinajstić information content (AvgIpc) is 2.67. The fourth-order valence-electron chi connectivity index (χ4n) is 1.39. The second kappa shape index (κ2) is 4.29. The summed E-state index contributed by atoms with van der Waals surface area (Å²) in [4.78, 5) is 14.9. The molecule has 0 aliphatic carbocycles. The third kappa shape index (κ3) is 2.28. The van der Waals surface area contributed by atoms with E-state index in [0.717, 1.165) is 5.56 Å². The van der Waals surface area contributed by atoms with Gasteiger partial charge in [-0.05, 0) is 24.6 Å². The maximum absolute atomic E-state index is 10.9. The van der Waals surface area contributed by atoms with Crippen LogP contribution in [0.3, 0.4) is 0 Å². The van der Waals surface area contributed by atoms with Crippen molar-refractivity contribution in [3.8, 4) is 11.8 Å². The molecule has 0 bridgehead atoms. The van der Waals surface area contributed by atoms with Gasteiger partial charge in [-0.1, -0.05) is 6.07 Å². The molecule has 0 saturated carbocycles. The molecule has 5 nitrogen and oxygen atoms in total. The van der Waals surface area contributed by atoms with E-state index in [0.29, 0.717) is 11.8 Å². The monoisotopic (exact) mass is 232 g/mol. The molecule has 0 fully saturated rings. The summed E-state index contributed by atoms with van der Waals surface area (Å²) < 4.78 is 7.27. The van der Waals surface area contributed by atoms with Crippen molar-refractivity contribution >= 4 is 5.97 Å². The first-order valence-electron chi connectivity index (χ1n) is 5.07. The molecule has 0 aliphatic rings. The summed E-state index contributed by atoms with van der Waals surface area (Å²) in [5.74, 6) is -0.478. The normalized spacial score (nSPS) is 10.2. The lowest BCUT2D eigenvalue weighted by Crippen LogP contribution is -1.99. The van der Waals surface area contributed by atoms with Gasteiger partial charge in [-0.2, -0.15) is 0 Å². The number of ether oxygens (including phenoxy) is 1. The first-order valence-corrected chi connectivity index (χ1v) is 5.07. The topological polar surface area (TPSA) is 64.3 Å². The summed E-state index contributed by atoms with van der Waals surface area (Å²) in [6.07, 6.45) is 3.37. The number of nitrogens with zero attached hydrogens (tertiary/aromatic N) is 2. The SMILES string of the molecule is Cc1ccc(C(=O)O)cc1Oc1nccn1C. The largest absolute Gasteiger partial charge is 0.478 e. The van der Waals surface area contributed by atoms with E-state index in [1.54, 1.807) is 36.1 Å². The molecule has 1 N–H and O–H groups in total. The van der Waals surface area contributed by atoms with E-state index >= 15 is 0 Å². The van der Waals surface area contributed by atoms with Gasteiger partial charge in [0.2, 0.25) is 0 Å². The Morgan fingerprint density at radius 3 is 2.82 bits per heavy atom. The van der Waals surface area contributed by atoms with E-state index in [1.807, 2.05) is 6.92 Å². The standard InChI is InChI=1S/C12H12N2O3/c1-8-3-4-9(11(15)16)7-10(8)17-12-13-5-6-14(12)2/h3-7H,1-2H3,(H,15,16). The van der Waals surface area contributed by atoms with Crippen molar-refractivity contribution < 1.29 is 14.6 Å². The number of benzene rings is 1. The molecule has 17 heavy (non-hydrogen) atoms. The number of hydrogen-bond acceptors (Lipinski definition) is 3. The van der Waals surface area contributed by atoms with Crippen LogP contribution in [0, 0.1) is 6.92 Å². The highest BCUT2D eigenvalue weighted by molar-refractivity contribution is 5.88. The zero-order valence-corrected chi connectivity index (χ0v) is 9.54. The van der Waals surface area contributed by atoms with Crippen LogP contribution in [-0.4, -0.2) is 20.6 Å². The van der Waals surface area contributed by atoms with E-state index in [4.69, 9.17) is 9.84 Å². The number of carboxylic acids is 1. The van der Waals surface area contributed by atoms with Crippen LogP contribution in [-0.2, 0) is 7.05 Å². The molecule has 0 saturated heterocycles. The lowest BCUT2D eigenvalue weighted by molar-refractivity contribution is 0.0696. The van der Waals surface area contributed by atoms with Gasteiger partial charge in [0, 0.05) is 19.4 Å². The predicted octanol–water partition coefficient (Wildman–Crippen LogP) is 2.22. The number of aromatic nitrogens is 2. The molecule has 0 aliphatic heterocycles. The smallest absolute Gasteiger partial charge is 0.335 e. The molecule has 2 aromatic rings. The number of aromatic carboxylic acids is 1. The van der Waals surface area contributed by atoms with Crippen molar-refractivity contribution in [3.63, 3.8) is 0 Å². The van der Waals surface area contributed by atoms with E-state index in [2.05, 4.69) is 4.98 Å². The third-order valence-electron chi connectivity index (χ3n) is 2.41. The van der Waals surface area contributed by atoms with Gasteiger partial charge < -0.3 is 14.4 Å². The molecule has 0 spiro atoms. The molecule has 1 aromatic carbocycles. The Hall–Kier alpha value is -2.30. The molecule has 2 rings (SSSR count). The van der Waals surface area contributed by atoms with Gasteiger partial charge in [0.15, 0.2) is 0 Å². The van der Waals surface area contributed by atoms with Crippen molar-refractivity contribution in [2.45, 2.75) is 6.92 Å². The minimum Gasteiger partial charge on any atom is -0.478 e. The first kappa shape index (κ1) is 11.2. The highest BCUT2D eigenvalue weighted by Crippen LogP contribution is 2.24. The zero-order chi connectivity index (χ0) is 12.4. The number of carbonyl (C=O) groups is 1. The molecular weight excluding hydrogens is 220 g/mol. The van der Waals surface area contributed by atoms with Crippen LogP contribution in [0.1, 0.15) is 15.9 Å². The van der Waals surface area contributed by atoms with Crippen LogP contribution in [0.15, 0.2) is 30.6 Å². The highest BCUT2D eigenvalue weighted by atomic mass is 16.5. The van der Waals surface area contributed by atoms with Crippen molar-refractivity contribution in [1.29, 1.82) is 0 Å². The van der Waals surface area contributed by atoms with Gasteiger partial charge in [0.25, 0.3) is 0 Å². The zero-order valence-electron chi connectivity index (χ0n) is 9.54. The molecule has 0 unspecified atom stereocenters. The van der Waals surface area contributed by atoms with Crippen molar-refractivity contribution in [3.05, 3.63) is 41.7 Å². The molecule has 88 valence electrons. The van der Waals surface area contributed by atoms with Gasteiger partial charge in [0.05, 0.1) is 5.56 Å². The average molecular weight is 232 g/mol. The van der Waals surface area contributed by atoms with Gasteiger partial charge in [0.1, 0.15) is 5.75 Å². The highest BCUT2D eigenvalue weighted by Gasteiger charge is 2.09. The minimum absolute atomic E-state index is 0.194. The number of imidazole rings is 1. The molecule has 1 aromatic heterocycles. The van der Waals surface area contributed by atoms with Crippen molar-refractivity contribution in [1.82, 2.24) is 9.55 Å². The Labute approximate surface area is 98.3 Å². The van der Waals surface area contributed by atoms with Gasteiger partial charge in [-0.25, -0.2) is 9.78 Å². The third-order valence-corrected chi connectivity index (χ3v) is 2.41. The van der Waals surface area contributed by atoms with Crippen LogP contribution < -0.4 is 4.74 Å². The summed E-state index contributed by atoms with van der Waals surface area (Å²) in [5.41, 5.74) is 1.05. The van der Waals surface area contributed by atoms with Crippen LogP contribution in [0.5, 0.6) is 11.8 Å².